The lowest BCUT2D eigenvalue weighted by molar-refractivity contribution is 0.664. The van der Waals surface area contributed by atoms with E-state index in [-0.39, 0.29) is 0 Å². The van der Waals surface area contributed by atoms with Crippen LogP contribution in [0.1, 0.15) is 11.1 Å². The molecule has 0 amide bonds. The third kappa shape index (κ3) is 2.16. The van der Waals surface area contributed by atoms with Crippen molar-refractivity contribution in [3.63, 3.8) is 0 Å². The molecule has 0 bridgehead atoms. The summed E-state index contributed by atoms with van der Waals surface area (Å²) in [4.78, 5) is 0. The first-order chi connectivity index (χ1) is 7.68. The quantitative estimate of drug-likeness (QED) is 0.643. The Morgan fingerprint density at radius 1 is 1.44 bits per heavy atom. The minimum atomic E-state index is 0.807. The van der Waals surface area contributed by atoms with Crippen molar-refractivity contribution in [3.8, 4) is 0 Å². The highest BCUT2D eigenvalue weighted by molar-refractivity contribution is 7.98. The fourth-order valence-electron chi connectivity index (χ4n) is 1.35. The van der Waals surface area contributed by atoms with Gasteiger partial charge in [-0.05, 0) is 34.5 Å². The Morgan fingerprint density at radius 3 is 2.94 bits per heavy atom. The highest BCUT2D eigenvalue weighted by Gasteiger charge is 2.06. The van der Waals surface area contributed by atoms with Crippen molar-refractivity contribution in [2.45, 2.75) is 17.8 Å². The van der Waals surface area contributed by atoms with E-state index in [4.69, 9.17) is 5.73 Å². The van der Waals surface area contributed by atoms with Crippen LogP contribution in [0.15, 0.2) is 23.4 Å². The van der Waals surface area contributed by atoms with Crippen LogP contribution in [0.3, 0.4) is 0 Å². The van der Waals surface area contributed by atoms with Gasteiger partial charge in [0.1, 0.15) is 0 Å². The number of anilines is 1. The SMILES string of the molecule is Cc1c(N)cccc1CSc1nnnn1C. The average Bonchev–Trinajstić information content (AvgIpc) is 2.67. The Hall–Kier alpha value is -1.56. The lowest BCUT2D eigenvalue weighted by Gasteiger charge is -2.06. The molecule has 84 valence electrons. The van der Waals surface area contributed by atoms with E-state index in [1.165, 1.54) is 5.56 Å². The van der Waals surface area contributed by atoms with Crippen molar-refractivity contribution in [3.05, 3.63) is 29.3 Å². The van der Waals surface area contributed by atoms with Crippen LogP contribution in [-0.2, 0) is 12.8 Å². The van der Waals surface area contributed by atoms with Crippen LogP contribution in [0.4, 0.5) is 5.69 Å². The van der Waals surface area contributed by atoms with Crippen molar-refractivity contribution in [1.29, 1.82) is 0 Å². The van der Waals surface area contributed by atoms with E-state index in [0.29, 0.717) is 0 Å². The molecule has 0 radical (unpaired) electrons. The molecule has 0 unspecified atom stereocenters. The lowest BCUT2D eigenvalue weighted by atomic mass is 10.1. The number of nitrogen functional groups attached to an aromatic ring is 1. The molecule has 1 aromatic heterocycles. The van der Waals surface area contributed by atoms with Crippen LogP contribution in [0, 0.1) is 6.92 Å². The van der Waals surface area contributed by atoms with E-state index >= 15 is 0 Å². The van der Waals surface area contributed by atoms with E-state index in [1.807, 2.05) is 26.1 Å². The summed E-state index contributed by atoms with van der Waals surface area (Å²) >= 11 is 1.60. The van der Waals surface area contributed by atoms with Crippen LogP contribution in [0.5, 0.6) is 0 Å². The maximum atomic E-state index is 5.84. The summed E-state index contributed by atoms with van der Waals surface area (Å²) < 4.78 is 1.66. The van der Waals surface area contributed by atoms with Crippen molar-refractivity contribution < 1.29 is 0 Å². The molecule has 0 spiro atoms. The number of aryl methyl sites for hydroxylation is 1. The first kappa shape index (κ1) is 10.9. The van der Waals surface area contributed by atoms with Gasteiger partial charge in [0, 0.05) is 18.5 Å². The normalized spacial score (nSPS) is 10.6. The van der Waals surface area contributed by atoms with Gasteiger partial charge in [-0.1, -0.05) is 23.9 Å². The minimum absolute atomic E-state index is 0.807. The molecule has 5 nitrogen and oxygen atoms in total. The summed E-state index contributed by atoms with van der Waals surface area (Å²) in [6.07, 6.45) is 0. The lowest BCUT2D eigenvalue weighted by Crippen LogP contribution is -1.96. The molecule has 0 saturated carbocycles. The van der Waals surface area contributed by atoms with Gasteiger partial charge in [-0.25, -0.2) is 4.68 Å². The zero-order valence-corrected chi connectivity index (χ0v) is 10.0. The molecular formula is C10H13N5S. The van der Waals surface area contributed by atoms with Crippen LogP contribution < -0.4 is 5.73 Å². The van der Waals surface area contributed by atoms with Gasteiger partial charge in [-0.3, -0.25) is 0 Å². The van der Waals surface area contributed by atoms with E-state index in [1.54, 1.807) is 16.4 Å². The third-order valence-electron chi connectivity index (χ3n) is 2.43. The zero-order chi connectivity index (χ0) is 11.5. The number of benzene rings is 1. The molecule has 0 aliphatic heterocycles. The van der Waals surface area contributed by atoms with Gasteiger partial charge in [0.25, 0.3) is 0 Å². The highest BCUT2D eigenvalue weighted by Crippen LogP contribution is 2.24. The van der Waals surface area contributed by atoms with E-state index in [0.717, 1.165) is 22.2 Å². The predicted molar refractivity (Wildman–Crippen MR) is 64.0 cm³/mol. The summed E-state index contributed by atoms with van der Waals surface area (Å²) in [5.41, 5.74) is 9.02. The Balaban J connectivity index is 2.11. The van der Waals surface area contributed by atoms with Crippen molar-refractivity contribution in [2.24, 2.45) is 7.05 Å². The number of tetrazole rings is 1. The molecule has 0 aliphatic carbocycles. The number of hydrogen-bond donors (Lipinski definition) is 1. The molecule has 2 N–H and O–H groups in total. The number of hydrogen-bond acceptors (Lipinski definition) is 5. The van der Waals surface area contributed by atoms with Gasteiger partial charge in [-0.2, -0.15) is 0 Å². The van der Waals surface area contributed by atoms with Gasteiger partial charge in [0.2, 0.25) is 5.16 Å². The van der Waals surface area contributed by atoms with Gasteiger partial charge in [0.15, 0.2) is 0 Å². The standard InChI is InChI=1S/C10H13N5S/c1-7-8(4-3-5-9(7)11)6-16-10-12-13-14-15(10)2/h3-5H,6,11H2,1-2H3. The van der Waals surface area contributed by atoms with Gasteiger partial charge in [0.05, 0.1) is 0 Å². The van der Waals surface area contributed by atoms with E-state index < -0.39 is 0 Å². The third-order valence-corrected chi connectivity index (χ3v) is 3.49. The second-order valence-electron chi connectivity index (χ2n) is 3.51. The Labute approximate surface area is 98.0 Å². The molecule has 2 rings (SSSR count). The molecule has 0 atom stereocenters. The average molecular weight is 235 g/mol. The first-order valence-electron chi connectivity index (χ1n) is 4.87. The summed E-state index contributed by atoms with van der Waals surface area (Å²) in [6, 6.07) is 5.95. The molecule has 6 heteroatoms. The summed E-state index contributed by atoms with van der Waals surface area (Å²) in [5.74, 6) is 0.824. The maximum absolute atomic E-state index is 5.84. The molecule has 0 fully saturated rings. The Bertz CT molecular complexity index is 494. The topological polar surface area (TPSA) is 69.6 Å². The Morgan fingerprint density at radius 2 is 2.25 bits per heavy atom. The van der Waals surface area contributed by atoms with E-state index in [9.17, 15) is 0 Å². The van der Waals surface area contributed by atoms with Crippen molar-refractivity contribution in [1.82, 2.24) is 20.2 Å². The summed E-state index contributed by atoms with van der Waals surface area (Å²) in [7, 11) is 1.83. The fraction of sp³-hybridized carbons (Fsp3) is 0.300. The number of rotatable bonds is 3. The van der Waals surface area contributed by atoms with Crippen molar-refractivity contribution in [2.75, 3.05) is 5.73 Å². The molecule has 1 heterocycles. The van der Waals surface area contributed by atoms with Gasteiger partial charge >= 0.3 is 0 Å². The molecule has 0 aliphatic rings. The molecular weight excluding hydrogens is 222 g/mol. The fourth-order valence-corrected chi connectivity index (χ4v) is 2.26. The molecule has 2 aromatic rings. The molecule has 1 aromatic carbocycles. The van der Waals surface area contributed by atoms with Crippen LogP contribution >= 0.6 is 11.8 Å². The second kappa shape index (κ2) is 4.52. The van der Waals surface area contributed by atoms with Gasteiger partial charge < -0.3 is 5.73 Å². The molecule has 16 heavy (non-hydrogen) atoms. The minimum Gasteiger partial charge on any atom is -0.399 e. The van der Waals surface area contributed by atoms with Crippen molar-refractivity contribution >= 4 is 17.4 Å². The van der Waals surface area contributed by atoms with E-state index in [2.05, 4.69) is 21.6 Å². The highest BCUT2D eigenvalue weighted by atomic mass is 32.2. The maximum Gasteiger partial charge on any atom is 0.209 e. The van der Waals surface area contributed by atoms with Crippen LogP contribution in [-0.4, -0.2) is 20.2 Å². The number of nitrogens with zero attached hydrogens (tertiary/aromatic N) is 4. The van der Waals surface area contributed by atoms with Gasteiger partial charge in [-0.15, -0.1) is 5.10 Å². The summed E-state index contributed by atoms with van der Waals surface area (Å²) in [6.45, 7) is 2.03. The number of thioether (sulfide) groups is 1. The monoisotopic (exact) mass is 235 g/mol. The summed E-state index contributed by atoms with van der Waals surface area (Å²) in [5, 5.41) is 12.1. The Kier molecular flexibility index (Phi) is 3.09. The smallest absolute Gasteiger partial charge is 0.209 e. The first-order valence-corrected chi connectivity index (χ1v) is 5.86. The number of nitrogens with two attached hydrogens (primary N) is 1. The second-order valence-corrected chi connectivity index (χ2v) is 4.45. The largest absolute Gasteiger partial charge is 0.399 e. The molecule has 0 saturated heterocycles. The zero-order valence-electron chi connectivity index (χ0n) is 9.21. The van der Waals surface area contributed by atoms with Crippen LogP contribution in [0.2, 0.25) is 0 Å². The predicted octanol–water partition coefficient (Wildman–Crippen LogP) is 1.39. The number of aromatic nitrogens is 4. The van der Waals surface area contributed by atoms with Crippen LogP contribution in [0.25, 0.3) is 0 Å².